The first-order valence-corrected chi connectivity index (χ1v) is 18.2. The predicted octanol–water partition coefficient (Wildman–Crippen LogP) is 12.8. The lowest BCUT2D eigenvalue weighted by atomic mass is 9.80. The van der Waals surface area contributed by atoms with Crippen molar-refractivity contribution in [2.45, 2.75) is 19.3 Å². The molecule has 0 N–H and O–H groups in total. The van der Waals surface area contributed by atoms with Gasteiger partial charge in [0.05, 0.1) is 22.4 Å². The lowest BCUT2D eigenvalue weighted by Crippen LogP contribution is -2.15. The van der Waals surface area contributed by atoms with Crippen molar-refractivity contribution in [3.63, 3.8) is 0 Å². The average molecular weight is 680 g/mol. The summed E-state index contributed by atoms with van der Waals surface area (Å²) in [4.78, 5) is 10.2. The first kappa shape index (κ1) is 29.9. The van der Waals surface area contributed by atoms with Crippen LogP contribution in [0.3, 0.4) is 0 Å². The Balaban J connectivity index is 1.18. The first-order valence-electron chi connectivity index (χ1n) is 18.2. The molecule has 0 saturated heterocycles. The van der Waals surface area contributed by atoms with Crippen LogP contribution in [0.5, 0.6) is 0 Å². The van der Waals surface area contributed by atoms with Crippen molar-refractivity contribution in [3.05, 3.63) is 175 Å². The Labute approximate surface area is 306 Å². The predicted molar refractivity (Wildman–Crippen MR) is 218 cm³/mol. The van der Waals surface area contributed by atoms with E-state index in [4.69, 9.17) is 14.4 Å². The Hall–Kier alpha value is -6.78. The molecule has 4 nitrogen and oxygen atoms in total. The van der Waals surface area contributed by atoms with Crippen LogP contribution in [0.4, 0.5) is 0 Å². The van der Waals surface area contributed by atoms with Crippen molar-refractivity contribution < 1.29 is 4.42 Å². The molecular weight excluding hydrogens is 647 g/mol. The zero-order valence-electron chi connectivity index (χ0n) is 29.3. The van der Waals surface area contributed by atoms with Crippen LogP contribution < -0.4 is 0 Å². The molecule has 11 rings (SSSR count). The molecular formula is C49H33N3O. The van der Waals surface area contributed by atoms with Crippen molar-refractivity contribution in [2.75, 3.05) is 0 Å². The van der Waals surface area contributed by atoms with Gasteiger partial charge in [0, 0.05) is 49.3 Å². The highest BCUT2D eigenvalue weighted by molar-refractivity contribution is 6.29. The Kier molecular flexibility index (Phi) is 6.27. The highest BCUT2D eigenvalue weighted by Crippen LogP contribution is 2.58. The van der Waals surface area contributed by atoms with Crippen molar-refractivity contribution in [1.82, 2.24) is 14.5 Å². The fourth-order valence-electron chi connectivity index (χ4n) is 8.81. The highest BCUT2D eigenvalue weighted by Gasteiger charge is 2.41. The summed E-state index contributed by atoms with van der Waals surface area (Å²) in [5.74, 6) is 0.691. The van der Waals surface area contributed by atoms with Crippen LogP contribution >= 0.6 is 0 Å². The first-order chi connectivity index (χ1) is 26.1. The van der Waals surface area contributed by atoms with Gasteiger partial charge in [-0.3, -0.25) is 0 Å². The summed E-state index contributed by atoms with van der Waals surface area (Å²) in [6, 6.07) is 57.6. The smallest absolute Gasteiger partial charge is 0.160 e. The van der Waals surface area contributed by atoms with Gasteiger partial charge >= 0.3 is 0 Å². The summed E-state index contributed by atoms with van der Waals surface area (Å²) < 4.78 is 9.33. The molecule has 3 aromatic heterocycles. The largest absolute Gasteiger partial charge is 0.454 e. The van der Waals surface area contributed by atoms with Crippen molar-refractivity contribution in [3.8, 4) is 50.7 Å². The molecule has 1 aliphatic rings. The fourth-order valence-corrected chi connectivity index (χ4v) is 8.81. The molecule has 1 aliphatic carbocycles. The minimum atomic E-state index is -0.215. The van der Waals surface area contributed by atoms with E-state index in [2.05, 4.69) is 146 Å². The molecule has 0 bridgehead atoms. The molecule has 53 heavy (non-hydrogen) atoms. The number of nitrogens with zero attached hydrogens (tertiary/aromatic N) is 3. The maximum Gasteiger partial charge on any atom is 0.160 e. The van der Waals surface area contributed by atoms with Gasteiger partial charge in [-0.1, -0.05) is 135 Å². The van der Waals surface area contributed by atoms with Gasteiger partial charge in [0.1, 0.15) is 5.58 Å². The molecule has 10 aromatic rings. The van der Waals surface area contributed by atoms with E-state index in [1.165, 1.54) is 38.4 Å². The molecule has 0 atom stereocenters. The van der Waals surface area contributed by atoms with Gasteiger partial charge in [0.15, 0.2) is 11.4 Å². The third-order valence-electron chi connectivity index (χ3n) is 11.2. The van der Waals surface area contributed by atoms with Gasteiger partial charge in [-0.15, -0.1) is 0 Å². The van der Waals surface area contributed by atoms with Gasteiger partial charge in [-0.2, -0.15) is 0 Å². The number of fused-ring (bicyclic) bond motifs is 12. The summed E-state index contributed by atoms with van der Waals surface area (Å²) in [5.41, 5.74) is 15.0. The Bertz CT molecular complexity index is 3000. The quantitative estimate of drug-likeness (QED) is 0.186. The monoisotopic (exact) mass is 679 g/mol. The van der Waals surface area contributed by atoms with Crippen LogP contribution in [0.1, 0.15) is 25.0 Å². The second-order valence-corrected chi connectivity index (χ2v) is 14.5. The van der Waals surface area contributed by atoms with Gasteiger partial charge in [0.25, 0.3) is 0 Å². The second kappa shape index (κ2) is 11.1. The molecule has 0 fully saturated rings. The molecule has 4 heteroatoms. The minimum absolute atomic E-state index is 0.215. The number of para-hydroxylation sites is 2. The second-order valence-electron chi connectivity index (χ2n) is 14.5. The van der Waals surface area contributed by atoms with Gasteiger partial charge in [-0.05, 0) is 64.7 Å². The number of benzene rings is 7. The molecule has 0 saturated carbocycles. The van der Waals surface area contributed by atoms with Crippen molar-refractivity contribution >= 4 is 43.7 Å². The van der Waals surface area contributed by atoms with E-state index < -0.39 is 0 Å². The highest BCUT2D eigenvalue weighted by atomic mass is 16.3. The topological polar surface area (TPSA) is 43.9 Å². The van der Waals surface area contributed by atoms with Crippen LogP contribution in [0, 0.1) is 0 Å². The number of rotatable bonds is 4. The summed E-state index contributed by atoms with van der Waals surface area (Å²) in [6.45, 7) is 4.75. The van der Waals surface area contributed by atoms with Gasteiger partial charge < -0.3 is 8.98 Å². The van der Waals surface area contributed by atoms with Crippen LogP contribution in [0.25, 0.3) is 94.5 Å². The number of hydrogen-bond acceptors (Lipinski definition) is 3. The Morgan fingerprint density at radius 1 is 0.547 bits per heavy atom. The van der Waals surface area contributed by atoms with Crippen molar-refractivity contribution in [1.29, 1.82) is 0 Å². The van der Waals surface area contributed by atoms with E-state index in [1.54, 1.807) is 0 Å². The third-order valence-corrected chi connectivity index (χ3v) is 11.2. The maximum atomic E-state index is 6.93. The fraction of sp³-hybridized carbons (Fsp3) is 0.0612. The van der Waals surface area contributed by atoms with E-state index in [9.17, 15) is 0 Å². The minimum Gasteiger partial charge on any atom is -0.454 e. The molecule has 0 aliphatic heterocycles. The summed E-state index contributed by atoms with van der Waals surface area (Å²) in [7, 11) is 0. The summed E-state index contributed by atoms with van der Waals surface area (Å²) in [5, 5.41) is 4.79. The molecule has 7 aromatic carbocycles. The Morgan fingerprint density at radius 3 is 1.87 bits per heavy atom. The van der Waals surface area contributed by atoms with Crippen molar-refractivity contribution in [2.24, 2.45) is 0 Å². The van der Waals surface area contributed by atoms with Gasteiger partial charge in [0.2, 0.25) is 0 Å². The zero-order chi connectivity index (χ0) is 35.3. The SMILES string of the molecule is CC1(C)c2ccccc2-c2c1c1c3ccccc3n(-c3ccc(-c4nc(-c5ccccc5)cc(-c5ccccc5)n4)cc3)c1c1oc3ccccc3c21. The molecule has 250 valence electrons. The zero-order valence-corrected chi connectivity index (χ0v) is 29.3. The normalized spacial score (nSPS) is 13.2. The van der Waals surface area contributed by atoms with E-state index in [1.807, 2.05) is 36.4 Å². The lowest BCUT2D eigenvalue weighted by Gasteiger charge is -2.23. The lowest BCUT2D eigenvalue weighted by molar-refractivity contribution is 0.663. The Morgan fingerprint density at radius 2 is 1.15 bits per heavy atom. The number of hydrogen-bond donors (Lipinski definition) is 0. The molecule has 3 heterocycles. The molecule has 0 spiro atoms. The summed E-state index contributed by atoms with van der Waals surface area (Å²) in [6.07, 6.45) is 0. The molecule has 0 amide bonds. The van der Waals surface area contributed by atoms with Gasteiger partial charge in [-0.25, -0.2) is 9.97 Å². The van der Waals surface area contributed by atoms with E-state index in [0.717, 1.165) is 61.4 Å². The average Bonchev–Trinajstić information content (AvgIpc) is 3.84. The number of furan rings is 1. The third kappa shape index (κ3) is 4.30. The van der Waals surface area contributed by atoms with Crippen LogP contribution in [0.2, 0.25) is 0 Å². The van der Waals surface area contributed by atoms with E-state index >= 15 is 0 Å². The number of aromatic nitrogens is 3. The van der Waals surface area contributed by atoms with Crippen LogP contribution in [0.15, 0.2) is 168 Å². The van der Waals surface area contributed by atoms with E-state index in [-0.39, 0.29) is 5.41 Å². The molecule has 0 unspecified atom stereocenters. The van der Waals surface area contributed by atoms with E-state index in [0.29, 0.717) is 5.82 Å². The maximum absolute atomic E-state index is 6.93. The summed E-state index contributed by atoms with van der Waals surface area (Å²) >= 11 is 0. The van der Waals surface area contributed by atoms with Crippen LogP contribution in [-0.2, 0) is 5.41 Å². The molecule has 0 radical (unpaired) electrons. The standard InChI is InChI=1S/C49H33N3O/c1-49(2)37-22-12-9-19-34(37)42-43-36-21-11-14-24-41(36)53-47(43)46-44(45(42)49)35-20-10-13-23-40(35)52(46)33-27-25-32(26-28-33)48-50-38(30-15-5-3-6-16-30)29-39(51-48)31-17-7-4-8-18-31/h3-29H,1-2H3. The van der Waals surface area contributed by atoms with Crippen LogP contribution in [-0.4, -0.2) is 14.5 Å².